The lowest BCUT2D eigenvalue weighted by atomic mass is 10.4. The lowest BCUT2D eigenvalue weighted by Gasteiger charge is -2.27. The predicted molar refractivity (Wildman–Crippen MR) is 39.9 cm³/mol. The summed E-state index contributed by atoms with van der Waals surface area (Å²) in [5, 5.41) is 3.47. The van der Waals surface area contributed by atoms with E-state index >= 15 is 0 Å². The van der Waals surface area contributed by atoms with Crippen LogP contribution in [0.2, 0.25) is 0 Å². The predicted octanol–water partition coefficient (Wildman–Crippen LogP) is -0.997. The van der Waals surface area contributed by atoms with Gasteiger partial charge in [0, 0.05) is 17.5 Å². The summed E-state index contributed by atoms with van der Waals surface area (Å²) in [6.07, 6.45) is 2.31. The first-order valence-electron chi connectivity index (χ1n) is 3.48. The van der Waals surface area contributed by atoms with E-state index in [0.29, 0.717) is 0 Å². The molecule has 0 saturated heterocycles. The third-order valence-electron chi connectivity index (χ3n) is 1.43. The average molecular weight is 188 g/mol. The molecule has 0 saturated carbocycles. The van der Waals surface area contributed by atoms with Gasteiger partial charge in [-0.2, -0.15) is 5.10 Å². The lowest BCUT2D eigenvalue weighted by Crippen LogP contribution is -2.23. The molecule has 5 nitrogen and oxygen atoms in total. The first-order valence-corrected chi connectivity index (χ1v) is 5.02. The van der Waals surface area contributed by atoms with Crippen LogP contribution in [0.15, 0.2) is 12.4 Å². The maximum absolute atomic E-state index is 10.5. The lowest BCUT2D eigenvalue weighted by molar-refractivity contribution is -0.307. The van der Waals surface area contributed by atoms with E-state index in [0.717, 1.165) is 6.20 Å². The van der Waals surface area contributed by atoms with Gasteiger partial charge in [0.2, 0.25) is 0 Å². The summed E-state index contributed by atoms with van der Waals surface area (Å²) in [5.41, 5.74) is 0. The zero-order chi connectivity index (χ0) is 9.35. The van der Waals surface area contributed by atoms with E-state index in [9.17, 15) is 14.4 Å². The quantitative estimate of drug-likeness (QED) is 0.557. The summed E-state index contributed by atoms with van der Waals surface area (Å²) in [6.45, 7) is 3.69. The molecule has 1 heterocycles. The molecule has 0 aromatic carbocycles. The molecule has 0 unspecified atom stereocenters. The SMILES string of the molecule is CC(C)n1cc(P(=O)([O-])[O-])cn1. The van der Waals surface area contributed by atoms with Crippen LogP contribution in [0, 0.1) is 0 Å². The van der Waals surface area contributed by atoms with E-state index in [1.807, 2.05) is 13.8 Å². The molecule has 6 heteroatoms. The van der Waals surface area contributed by atoms with E-state index in [2.05, 4.69) is 5.10 Å². The summed E-state index contributed by atoms with van der Waals surface area (Å²) in [4.78, 5) is 21.0. The van der Waals surface area contributed by atoms with Crippen molar-refractivity contribution in [3.05, 3.63) is 12.4 Å². The van der Waals surface area contributed by atoms with E-state index < -0.39 is 7.60 Å². The molecule has 0 aliphatic heterocycles. The van der Waals surface area contributed by atoms with Crippen molar-refractivity contribution in [1.82, 2.24) is 9.78 Å². The summed E-state index contributed by atoms with van der Waals surface area (Å²) in [5.74, 6) is 0. The second-order valence-electron chi connectivity index (χ2n) is 2.77. The molecule has 12 heavy (non-hydrogen) atoms. The smallest absolute Gasteiger partial charge is 0.0574 e. The minimum absolute atomic E-state index is 0.0605. The molecule has 0 radical (unpaired) electrons. The van der Waals surface area contributed by atoms with Crippen molar-refractivity contribution in [3.8, 4) is 0 Å². The van der Waals surface area contributed by atoms with Gasteiger partial charge in [0.1, 0.15) is 0 Å². The van der Waals surface area contributed by atoms with Crippen LogP contribution in [0.4, 0.5) is 0 Å². The van der Waals surface area contributed by atoms with Crippen molar-refractivity contribution < 1.29 is 14.4 Å². The molecule has 1 aromatic heterocycles. The third kappa shape index (κ3) is 1.94. The van der Waals surface area contributed by atoms with Gasteiger partial charge in [-0.3, -0.25) is 4.68 Å². The average Bonchev–Trinajstić information content (AvgIpc) is 2.30. The molecule has 0 fully saturated rings. The highest BCUT2D eigenvalue weighted by atomic mass is 31.2. The van der Waals surface area contributed by atoms with Crippen LogP contribution < -0.4 is 15.1 Å². The molecule has 0 amide bonds. The Kier molecular flexibility index (Phi) is 2.37. The number of rotatable bonds is 2. The van der Waals surface area contributed by atoms with Crippen LogP contribution in [0.3, 0.4) is 0 Å². The molecule has 0 aliphatic carbocycles. The van der Waals surface area contributed by atoms with Gasteiger partial charge in [-0.1, -0.05) is 0 Å². The summed E-state index contributed by atoms with van der Waals surface area (Å²) in [7, 11) is -4.62. The van der Waals surface area contributed by atoms with Crippen LogP contribution in [0.1, 0.15) is 19.9 Å². The molecule has 0 N–H and O–H groups in total. The first-order chi connectivity index (χ1) is 5.41. The molecule has 0 aliphatic rings. The Balaban J connectivity index is 3.00. The number of hydrogen-bond donors (Lipinski definition) is 0. The zero-order valence-electron chi connectivity index (χ0n) is 6.80. The topological polar surface area (TPSA) is 81.0 Å². The molecular formula is C6H9N2O3P-2. The van der Waals surface area contributed by atoms with Crippen LogP contribution in [-0.2, 0) is 4.57 Å². The van der Waals surface area contributed by atoms with Crippen molar-refractivity contribution in [2.24, 2.45) is 0 Å². The normalized spacial score (nSPS) is 12.4. The fourth-order valence-corrected chi connectivity index (χ4v) is 1.20. The maximum atomic E-state index is 10.5. The summed E-state index contributed by atoms with van der Waals surface area (Å²) < 4.78 is 11.9. The van der Waals surface area contributed by atoms with Gasteiger partial charge in [-0.15, -0.1) is 0 Å². The van der Waals surface area contributed by atoms with Crippen LogP contribution in [0.5, 0.6) is 0 Å². The largest absolute Gasteiger partial charge is 0.807 e. The van der Waals surface area contributed by atoms with E-state index in [1.54, 1.807) is 0 Å². The number of aromatic nitrogens is 2. The van der Waals surface area contributed by atoms with Gasteiger partial charge in [0.15, 0.2) is 0 Å². The fraction of sp³-hybridized carbons (Fsp3) is 0.500. The monoisotopic (exact) mass is 188 g/mol. The minimum atomic E-state index is -4.62. The molecule has 68 valence electrons. The Labute approximate surface area is 70.2 Å². The second-order valence-corrected chi connectivity index (χ2v) is 4.28. The van der Waals surface area contributed by atoms with Gasteiger partial charge >= 0.3 is 0 Å². The highest BCUT2D eigenvalue weighted by Gasteiger charge is 2.03. The molecule has 0 bridgehead atoms. The number of hydrogen-bond acceptors (Lipinski definition) is 4. The van der Waals surface area contributed by atoms with Gasteiger partial charge < -0.3 is 14.4 Å². The fourth-order valence-electron chi connectivity index (χ4n) is 0.752. The van der Waals surface area contributed by atoms with Gasteiger partial charge in [-0.25, -0.2) is 0 Å². The Morgan fingerprint density at radius 1 is 1.58 bits per heavy atom. The summed E-state index contributed by atoms with van der Waals surface area (Å²) in [6, 6.07) is 0.0605. The van der Waals surface area contributed by atoms with Crippen LogP contribution in [0.25, 0.3) is 0 Å². The first kappa shape index (κ1) is 9.45. The molecular weight excluding hydrogens is 179 g/mol. The third-order valence-corrected chi connectivity index (χ3v) is 2.30. The van der Waals surface area contributed by atoms with Crippen molar-refractivity contribution in [2.45, 2.75) is 19.9 Å². The molecule has 1 aromatic rings. The number of nitrogens with zero attached hydrogens (tertiary/aromatic N) is 2. The minimum Gasteiger partial charge on any atom is -0.807 e. The van der Waals surface area contributed by atoms with E-state index in [1.165, 1.54) is 10.9 Å². The Morgan fingerprint density at radius 3 is 2.42 bits per heavy atom. The molecule has 0 atom stereocenters. The Morgan fingerprint density at radius 2 is 2.17 bits per heavy atom. The van der Waals surface area contributed by atoms with Gasteiger partial charge in [0.25, 0.3) is 0 Å². The highest BCUT2D eigenvalue weighted by Crippen LogP contribution is 2.21. The van der Waals surface area contributed by atoms with E-state index in [4.69, 9.17) is 0 Å². The van der Waals surface area contributed by atoms with Gasteiger partial charge in [0.05, 0.1) is 6.20 Å². The highest BCUT2D eigenvalue weighted by molar-refractivity contribution is 7.57. The van der Waals surface area contributed by atoms with Crippen molar-refractivity contribution in [1.29, 1.82) is 0 Å². The van der Waals surface area contributed by atoms with Crippen molar-refractivity contribution in [2.75, 3.05) is 0 Å². The van der Waals surface area contributed by atoms with E-state index in [-0.39, 0.29) is 11.3 Å². The Bertz CT molecular complexity index is 314. The van der Waals surface area contributed by atoms with Gasteiger partial charge in [-0.05, 0) is 21.4 Å². The second kappa shape index (κ2) is 3.01. The standard InChI is InChI=1S/C6H11N2O3P/c1-5(2)8-4-6(3-7-8)12(9,10)11/h3-5H,1-2H3,(H2,9,10,11)/p-2. The van der Waals surface area contributed by atoms with Crippen molar-refractivity contribution >= 4 is 12.9 Å². The summed E-state index contributed by atoms with van der Waals surface area (Å²) >= 11 is 0. The maximum Gasteiger partial charge on any atom is 0.0574 e. The zero-order valence-corrected chi connectivity index (χ0v) is 7.69. The Hall–Kier alpha value is -0.640. The van der Waals surface area contributed by atoms with Crippen molar-refractivity contribution in [3.63, 3.8) is 0 Å². The molecule has 1 rings (SSSR count). The van der Waals surface area contributed by atoms with Crippen LogP contribution >= 0.6 is 7.60 Å². The van der Waals surface area contributed by atoms with Crippen LogP contribution in [-0.4, -0.2) is 9.78 Å². The molecule has 0 spiro atoms.